The zero-order valence-corrected chi connectivity index (χ0v) is 28.0. The molecule has 0 amide bonds. The zero-order chi connectivity index (χ0) is 29.7. The van der Waals surface area contributed by atoms with E-state index >= 15 is 0 Å². The molecule has 2 atom stereocenters. The molecule has 0 bridgehead atoms. The van der Waals surface area contributed by atoms with Crippen molar-refractivity contribution in [3.05, 3.63) is 36.0 Å². The highest BCUT2D eigenvalue weighted by Crippen LogP contribution is 2.22. The standard InChI is InChI=1S/C38H70O2/c1-7-8-9-10-11-12-13-14-15-16-17-18-19-20-21-31-38(39)40-33-32-37(6)30-24-29-36(5)28-23-27-35(4)26-22-25-34(2)3/h11-12,14-15,32,34-36H,7-10,13,16-31,33H2,1-6H3/b12-11-,15-14-,37-32?. The number of ether oxygens (including phenoxy) is 1. The molecule has 0 saturated heterocycles. The zero-order valence-electron chi connectivity index (χ0n) is 28.0. The molecule has 0 N–H and O–H groups in total. The smallest absolute Gasteiger partial charge is 0.306 e. The molecule has 0 aliphatic heterocycles. The monoisotopic (exact) mass is 559 g/mol. The Morgan fingerprint density at radius 1 is 0.625 bits per heavy atom. The van der Waals surface area contributed by atoms with Crippen LogP contribution in [0.1, 0.15) is 176 Å². The van der Waals surface area contributed by atoms with Crippen molar-refractivity contribution in [2.24, 2.45) is 17.8 Å². The largest absolute Gasteiger partial charge is 0.461 e. The summed E-state index contributed by atoms with van der Waals surface area (Å²) in [6, 6.07) is 0. The topological polar surface area (TPSA) is 26.3 Å². The molecule has 234 valence electrons. The fraction of sp³-hybridized carbons (Fsp3) is 0.816. The lowest BCUT2D eigenvalue weighted by Gasteiger charge is -2.15. The summed E-state index contributed by atoms with van der Waals surface area (Å²) < 4.78 is 5.45. The second-order valence-electron chi connectivity index (χ2n) is 13.1. The van der Waals surface area contributed by atoms with Crippen LogP contribution in [0, 0.1) is 17.8 Å². The van der Waals surface area contributed by atoms with E-state index in [4.69, 9.17) is 4.74 Å². The normalized spacial score (nSPS) is 14.0. The van der Waals surface area contributed by atoms with Crippen molar-refractivity contribution in [1.82, 2.24) is 0 Å². The second-order valence-corrected chi connectivity index (χ2v) is 13.1. The van der Waals surface area contributed by atoms with E-state index < -0.39 is 0 Å². The van der Waals surface area contributed by atoms with Gasteiger partial charge in [0.05, 0.1) is 0 Å². The van der Waals surface area contributed by atoms with Crippen LogP contribution in [0.2, 0.25) is 0 Å². The van der Waals surface area contributed by atoms with E-state index in [1.807, 2.05) is 0 Å². The van der Waals surface area contributed by atoms with Gasteiger partial charge in [-0.05, 0) is 82.1 Å². The number of carbonyl (C=O) groups excluding carboxylic acids is 1. The van der Waals surface area contributed by atoms with Crippen molar-refractivity contribution in [3.8, 4) is 0 Å². The predicted molar refractivity (Wildman–Crippen MR) is 179 cm³/mol. The molecule has 2 nitrogen and oxygen atoms in total. The Morgan fingerprint density at radius 3 is 1.80 bits per heavy atom. The van der Waals surface area contributed by atoms with Crippen molar-refractivity contribution in [2.75, 3.05) is 6.61 Å². The molecule has 0 radical (unpaired) electrons. The summed E-state index contributed by atoms with van der Waals surface area (Å²) in [5, 5.41) is 0. The molecule has 0 aromatic carbocycles. The summed E-state index contributed by atoms with van der Waals surface area (Å²) in [7, 11) is 0. The van der Waals surface area contributed by atoms with Crippen LogP contribution in [-0.4, -0.2) is 12.6 Å². The van der Waals surface area contributed by atoms with E-state index in [1.165, 1.54) is 108 Å². The van der Waals surface area contributed by atoms with Crippen molar-refractivity contribution < 1.29 is 9.53 Å². The number of unbranched alkanes of at least 4 members (excludes halogenated alkanes) is 8. The third-order valence-corrected chi connectivity index (χ3v) is 8.15. The quantitative estimate of drug-likeness (QED) is 0.0542. The van der Waals surface area contributed by atoms with Gasteiger partial charge in [0.25, 0.3) is 0 Å². The molecule has 0 rings (SSSR count). The lowest BCUT2D eigenvalue weighted by atomic mass is 9.91. The maximum Gasteiger partial charge on any atom is 0.306 e. The van der Waals surface area contributed by atoms with E-state index in [-0.39, 0.29) is 5.97 Å². The summed E-state index contributed by atoms with van der Waals surface area (Å²) >= 11 is 0. The van der Waals surface area contributed by atoms with E-state index in [1.54, 1.807) is 0 Å². The highest BCUT2D eigenvalue weighted by molar-refractivity contribution is 5.69. The molecule has 0 spiro atoms. The first kappa shape index (κ1) is 38.7. The van der Waals surface area contributed by atoms with E-state index in [2.05, 4.69) is 71.9 Å². The first-order chi connectivity index (χ1) is 19.3. The highest BCUT2D eigenvalue weighted by atomic mass is 16.5. The minimum atomic E-state index is -0.0400. The van der Waals surface area contributed by atoms with Gasteiger partial charge in [-0.1, -0.05) is 142 Å². The molecule has 0 aromatic rings. The first-order valence-corrected chi connectivity index (χ1v) is 17.5. The van der Waals surface area contributed by atoms with Crippen LogP contribution in [0.3, 0.4) is 0 Å². The number of hydrogen-bond donors (Lipinski definition) is 0. The number of allylic oxidation sites excluding steroid dienone is 5. The van der Waals surface area contributed by atoms with Crippen LogP contribution in [-0.2, 0) is 9.53 Å². The van der Waals surface area contributed by atoms with E-state index in [0.717, 1.165) is 43.4 Å². The molecule has 0 heterocycles. The van der Waals surface area contributed by atoms with Crippen molar-refractivity contribution in [1.29, 1.82) is 0 Å². The van der Waals surface area contributed by atoms with E-state index in [9.17, 15) is 4.79 Å². The van der Waals surface area contributed by atoms with Gasteiger partial charge in [-0.25, -0.2) is 0 Å². The van der Waals surface area contributed by atoms with Gasteiger partial charge in [0.1, 0.15) is 6.61 Å². The molecule has 0 saturated carbocycles. The van der Waals surface area contributed by atoms with Crippen LogP contribution in [0.4, 0.5) is 0 Å². The Labute approximate surface area is 251 Å². The van der Waals surface area contributed by atoms with Gasteiger partial charge in [0.2, 0.25) is 0 Å². The molecule has 0 aromatic heterocycles. The second kappa shape index (κ2) is 29.2. The summed E-state index contributed by atoms with van der Waals surface area (Å²) in [4.78, 5) is 12.0. The van der Waals surface area contributed by atoms with Crippen molar-refractivity contribution >= 4 is 5.97 Å². The van der Waals surface area contributed by atoms with E-state index in [0.29, 0.717) is 13.0 Å². The fourth-order valence-corrected chi connectivity index (χ4v) is 5.24. The Balaban J connectivity index is 3.61. The number of hydrogen-bond acceptors (Lipinski definition) is 2. The Hall–Kier alpha value is -1.31. The molecular formula is C38H70O2. The highest BCUT2D eigenvalue weighted by Gasteiger charge is 2.07. The summed E-state index contributed by atoms with van der Waals surface area (Å²) in [5.74, 6) is 2.51. The van der Waals surface area contributed by atoms with Crippen LogP contribution in [0.5, 0.6) is 0 Å². The average molecular weight is 559 g/mol. The summed E-state index contributed by atoms with van der Waals surface area (Å²) in [6.45, 7) is 14.4. The lowest BCUT2D eigenvalue weighted by Crippen LogP contribution is -2.04. The van der Waals surface area contributed by atoms with Gasteiger partial charge in [-0.3, -0.25) is 4.79 Å². The van der Waals surface area contributed by atoms with Crippen LogP contribution in [0.15, 0.2) is 36.0 Å². The average Bonchev–Trinajstić information content (AvgIpc) is 2.90. The van der Waals surface area contributed by atoms with Crippen molar-refractivity contribution in [3.63, 3.8) is 0 Å². The van der Waals surface area contributed by atoms with Gasteiger partial charge in [-0.15, -0.1) is 0 Å². The van der Waals surface area contributed by atoms with Gasteiger partial charge in [-0.2, -0.15) is 0 Å². The molecule has 0 aliphatic rings. The van der Waals surface area contributed by atoms with Crippen LogP contribution >= 0.6 is 0 Å². The third kappa shape index (κ3) is 29.7. The molecule has 2 unspecified atom stereocenters. The van der Waals surface area contributed by atoms with Crippen molar-refractivity contribution in [2.45, 2.75) is 176 Å². The first-order valence-electron chi connectivity index (χ1n) is 17.5. The number of carbonyl (C=O) groups is 1. The molecule has 0 aliphatic carbocycles. The molecule has 2 heteroatoms. The minimum Gasteiger partial charge on any atom is -0.461 e. The van der Waals surface area contributed by atoms with Crippen LogP contribution in [0.25, 0.3) is 0 Å². The van der Waals surface area contributed by atoms with Gasteiger partial charge >= 0.3 is 5.97 Å². The Kier molecular flexibility index (Phi) is 28.2. The molecular weight excluding hydrogens is 488 g/mol. The third-order valence-electron chi connectivity index (χ3n) is 8.15. The van der Waals surface area contributed by atoms with Gasteiger partial charge in [0, 0.05) is 6.42 Å². The maximum atomic E-state index is 12.0. The lowest BCUT2D eigenvalue weighted by molar-refractivity contribution is -0.142. The maximum absolute atomic E-state index is 12.0. The SMILES string of the molecule is CCCCC/C=C\C/C=C\CCCCCCCC(=O)OCC=C(C)CCCC(C)CCCC(C)CCCC(C)C. The Morgan fingerprint density at radius 2 is 1.18 bits per heavy atom. The van der Waals surface area contributed by atoms with Crippen LogP contribution < -0.4 is 0 Å². The number of rotatable bonds is 28. The summed E-state index contributed by atoms with van der Waals surface area (Å²) in [6.07, 6.45) is 37.1. The predicted octanol–water partition coefficient (Wildman–Crippen LogP) is 12.7. The minimum absolute atomic E-state index is 0.0400. The van der Waals surface area contributed by atoms with Gasteiger partial charge in [0.15, 0.2) is 0 Å². The van der Waals surface area contributed by atoms with Gasteiger partial charge < -0.3 is 4.74 Å². The number of esters is 1. The molecule has 40 heavy (non-hydrogen) atoms. The Bertz CT molecular complexity index is 642. The molecule has 0 fully saturated rings. The summed E-state index contributed by atoms with van der Waals surface area (Å²) in [5.41, 5.74) is 1.36. The fourth-order valence-electron chi connectivity index (χ4n) is 5.24.